The first kappa shape index (κ1) is 17.1. The van der Waals surface area contributed by atoms with E-state index in [9.17, 15) is 0 Å². The van der Waals surface area contributed by atoms with Crippen LogP contribution in [0.2, 0.25) is 0 Å². The first-order chi connectivity index (χ1) is 10.1. The summed E-state index contributed by atoms with van der Waals surface area (Å²) in [5.74, 6) is 0.883. The molecule has 1 aliphatic rings. The molecule has 0 saturated carbocycles. The lowest BCUT2D eigenvalue weighted by atomic mass is 10.0. The second-order valence-corrected chi connectivity index (χ2v) is 7.26. The standard InChI is InChI=1S/C16H24Br2N2O/c1-4-6-11-10-20(12(5-2)9-19-11)15-8-16(21-3)14(18)7-13(15)17/h7-8,11-12,19H,4-6,9-10H2,1-3H3. The molecule has 1 saturated heterocycles. The van der Waals surface area contributed by atoms with Gasteiger partial charge in [0.25, 0.3) is 0 Å². The first-order valence-electron chi connectivity index (χ1n) is 7.63. The van der Waals surface area contributed by atoms with Crippen molar-refractivity contribution < 1.29 is 4.74 Å². The number of halogens is 2. The Balaban J connectivity index is 2.31. The van der Waals surface area contributed by atoms with E-state index in [2.05, 4.69) is 68.1 Å². The molecule has 21 heavy (non-hydrogen) atoms. The zero-order chi connectivity index (χ0) is 15.4. The van der Waals surface area contributed by atoms with Gasteiger partial charge in [-0.25, -0.2) is 0 Å². The Bertz CT molecular complexity index is 482. The van der Waals surface area contributed by atoms with Crippen LogP contribution in [0.15, 0.2) is 21.1 Å². The smallest absolute Gasteiger partial charge is 0.135 e. The summed E-state index contributed by atoms with van der Waals surface area (Å²) in [6, 6.07) is 5.31. The molecule has 5 heteroatoms. The molecule has 0 aromatic heterocycles. The number of nitrogens with zero attached hydrogens (tertiary/aromatic N) is 1. The van der Waals surface area contributed by atoms with Crippen LogP contribution in [0.5, 0.6) is 5.75 Å². The van der Waals surface area contributed by atoms with E-state index < -0.39 is 0 Å². The van der Waals surface area contributed by atoms with Crippen LogP contribution in [0.3, 0.4) is 0 Å². The molecule has 2 unspecified atom stereocenters. The lowest BCUT2D eigenvalue weighted by Gasteiger charge is -2.42. The van der Waals surface area contributed by atoms with Gasteiger partial charge in [0.2, 0.25) is 0 Å². The maximum absolute atomic E-state index is 5.46. The third kappa shape index (κ3) is 3.93. The highest BCUT2D eigenvalue weighted by Crippen LogP contribution is 2.38. The number of rotatable bonds is 5. The van der Waals surface area contributed by atoms with Crippen molar-refractivity contribution in [3.05, 3.63) is 21.1 Å². The van der Waals surface area contributed by atoms with E-state index in [-0.39, 0.29) is 0 Å². The fraction of sp³-hybridized carbons (Fsp3) is 0.625. The number of methoxy groups -OCH3 is 1. The van der Waals surface area contributed by atoms with E-state index >= 15 is 0 Å². The molecule has 1 aromatic rings. The lowest BCUT2D eigenvalue weighted by Crippen LogP contribution is -2.56. The molecule has 0 aliphatic carbocycles. The number of benzene rings is 1. The van der Waals surface area contributed by atoms with Gasteiger partial charge in [0.1, 0.15) is 5.75 Å². The molecule has 0 spiro atoms. The topological polar surface area (TPSA) is 24.5 Å². The van der Waals surface area contributed by atoms with E-state index in [0.29, 0.717) is 12.1 Å². The van der Waals surface area contributed by atoms with Crippen molar-refractivity contribution in [3.8, 4) is 5.75 Å². The average Bonchev–Trinajstić information content (AvgIpc) is 2.48. The lowest BCUT2D eigenvalue weighted by molar-refractivity contribution is 0.368. The number of hydrogen-bond acceptors (Lipinski definition) is 3. The zero-order valence-electron chi connectivity index (χ0n) is 13.0. The molecule has 2 atom stereocenters. The van der Waals surface area contributed by atoms with Crippen LogP contribution in [0.25, 0.3) is 0 Å². The van der Waals surface area contributed by atoms with Gasteiger partial charge in [-0.2, -0.15) is 0 Å². The van der Waals surface area contributed by atoms with Crippen LogP contribution in [-0.4, -0.2) is 32.3 Å². The van der Waals surface area contributed by atoms with Crippen molar-refractivity contribution in [1.82, 2.24) is 5.32 Å². The van der Waals surface area contributed by atoms with Gasteiger partial charge in [-0.05, 0) is 50.8 Å². The van der Waals surface area contributed by atoms with E-state index in [4.69, 9.17) is 4.74 Å². The summed E-state index contributed by atoms with van der Waals surface area (Å²) in [5, 5.41) is 3.68. The highest BCUT2D eigenvalue weighted by atomic mass is 79.9. The molecule has 1 heterocycles. The maximum Gasteiger partial charge on any atom is 0.135 e. The Morgan fingerprint density at radius 1 is 1.29 bits per heavy atom. The quantitative estimate of drug-likeness (QED) is 0.755. The number of nitrogens with one attached hydrogen (secondary N) is 1. The minimum absolute atomic E-state index is 0.528. The molecule has 0 amide bonds. The van der Waals surface area contributed by atoms with Gasteiger partial charge in [0.15, 0.2) is 0 Å². The summed E-state index contributed by atoms with van der Waals surface area (Å²) in [4.78, 5) is 2.52. The van der Waals surface area contributed by atoms with E-state index in [1.165, 1.54) is 18.5 Å². The molecule has 1 N–H and O–H groups in total. The van der Waals surface area contributed by atoms with Crippen molar-refractivity contribution in [2.24, 2.45) is 0 Å². The average molecular weight is 420 g/mol. The number of ether oxygens (including phenoxy) is 1. The molecular formula is C16H24Br2N2O. The molecule has 1 aliphatic heterocycles. The van der Waals surface area contributed by atoms with E-state index in [1.807, 2.05) is 0 Å². The van der Waals surface area contributed by atoms with Crippen molar-refractivity contribution in [2.75, 3.05) is 25.1 Å². The molecule has 118 valence electrons. The summed E-state index contributed by atoms with van der Waals surface area (Å²) in [5.41, 5.74) is 1.23. The van der Waals surface area contributed by atoms with Gasteiger partial charge < -0.3 is 15.0 Å². The molecule has 1 fully saturated rings. The Morgan fingerprint density at radius 3 is 2.67 bits per heavy atom. The van der Waals surface area contributed by atoms with Crippen LogP contribution < -0.4 is 15.0 Å². The van der Waals surface area contributed by atoms with Crippen molar-refractivity contribution in [1.29, 1.82) is 0 Å². The second-order valence-electron chi connectivity index (χ2n) is 5.55. The fourth-order valence-electron chi connectivity index (χ4n) is 2.96. The van der Waals surface area contributed by atoms with Crippen molar-refractivity contribution in [3.63, 3.8) is 0 Å². The van der Waals surface area contributed by atoms with Gasteiger partial charge in [-0.1, -0.05) is 20.3 Å². The van der Waals surface area contributed by atoms with Crippen molar-refractivity contribution >= 4 is 37.5 Å². The Labute approximate surface area is 144 Å². The largest absolute Gasteiger partial charge is 0.495 e. The summed E-state index contributed by atoms with van der Waals surface area (Å²) < 4.78 is 7.56. The summed E-state index contributed by atoms with van der Waals surface area (Å²) in [6.45, 7) is 6.60. The number of hydrogen-bond donors (Lipinski definition) is 1. The normalized spacial score (nSPS) is 22.4. The maximum atomic E-state index is 5.46. The molecule has 3 nitrogen and oxygen atoms in total. The van der Waals surface area contributed by atoms with Crippen LogP contribution in [0.4, 0.5) is 5.69 Å². The van der Waals surface area contributed by atoms with Crippen LogP contribution in [0.1, 0.15) is 33.1 Å². The summed E-state index contributed by atoms with van der Waals surface area (Å²) >= 11 is 7.26. The van der Waals surface area contributed by atoms with Crippen molar-refractivity contribution in [2.45, 2.75) is 45.2 Å². The first-order valence-corrected chi connectivity index (χ1v) is 9.22. The fourth-order valence-corrected chi connectivity index (χ4v) is 4.34. The highest BCUT2D eigenvalue weighted by Gasteiger charge is 2.28. The third-order valence-electron chi connectivity index (χ3n) is 4.14. The summed E-state index contributed by atoms with van der Waals surface area (Å²) in [7, 11) is 1.72. The third-order valence-corrected chi connectivity index (χ3v) is 5.39. The molecule has 0 bridgehead atoms. The Morgan fingerprint density at radius 2 is 2.05 bits per heavy atom. The SMILES string of the molecule is CCCC1CN(c2cc(OC)c(Br)cc2Br)C(CC)CN1. The number of piperazine rings is 1. The van der Waals surface area contributed by atoms with Crippen LogP contribution >= 0.6 is 31.9 Å². The Hall–Kier alpha value is -0.260. The predicted molar refractivity (Wildman–Crippen MR) is 96.5 cm³/mol. The minimum atomic E-state index is 0.528. The highest BCUT2D eigenvalue weighted by molar-refractivity contribution is 9.11. The van der Waals surface area contributed by atoms with Gasteiger partial charge in [0.05, 0.1) is 17.3 Å². The molecule has 2 rings (SSSR count). The van der Waals surface area contributed by atoms with E-state index in [1.54, 1.807) is 7.11 Å². The minimum Gasteiger partial charge on any atom is -0.495 e. The monoisotopic (exact) mass is 418 g/mol. The van der Waals surface area contributed by atoms with Gasteiger partial charge in [-0.3, -0.25) is 0 Å². The number of anilines is 1. The van der Waals surface area contributed by atoms with Crippen LogP contribution in [0, 0.1) is 0 Å². The van der Waals surface area contributed by atoms with Gasteiger partial charge >= 0.3 is 0 Å². The van der Waals surface area contributed by atoms with Gasteiger partial charge in [-0.15, -0.1) is 0 Å². The summed E-state index contributed by atoms with van der Waals surface area (Å²) in [6.07, 6.45) is 3.57. The predicted octanol–water partition coefficient (Wildman–Crippen LogP) is 4.58. The van der Waals surface area contributed by atoms with Gasteiger partial charge in [0, 0.05) is 35.7 Å². The Kier molecular flexibility index (Phi) is 6.38. The second kappa shape index (κ2) is 7.84. The molecule has 1 aromatic carbocycles. The zero-order valence-corrected chi connectivity index (χ0v) is 16.1. The van der Waals surface area contributed by atoms with E-state index in [0.717, 1.165) is 34.2 Å². The molecule has 0 radical (unpaired) electrons. The molecular weight excluding hydrogens is 396 g/mol. The van der Waals surface area contributed by atoms with Crippen LogP contribution in [-0.2, 0) is 0 Å².